The SMILES string of the molecule is C=C[S][Sb]([S]C=C)[c]1cc[c]([Sb]([S]C=C)[S]C=C)cc1. The van der Waals surface area contributed by atoms with Gasteiger partial charge in [0.1, 0.15) is 0 Å². The molecule has 106 valence electrons. The summed E-state index contributed by atoms with van der Waals surface area (Å²) >= 11 is -3.15. The number of rotatable bonds is 10. The van der Waals surface area contributed by atoms with Gasteiger partial charge in [0.2, 0.25) is 0 Å². The normalized spacial score (nSPS) is 10.5. The Kier molecular flexibility index (Phi) is 11.3. The van der Waals surface area contributed by atoms with Crippen molar-refractivity contribution in [1.29, 1.82) is 0 Å². The van der Waals surface area contributed by atoms with Gasteiger partial charge < -0.3 is 0 Å². The monoisotopic (exact) mass is 554 g/mol. The molecular weight excluding hydrogens is 540 g/mol. The molecule has 0 aliphatic carbocycles. The molecule has 0 N–H and O–H groups in total. The zero-order valence-corrected chi connectivity index (χ0v) is 19.3. The molecule has 0 unspecified atom stereocenters. The third kappa shape index (κ3) is 6.54. The van der Waals surface area contributed by atoms with Gasteiger partial charge in [0, 0.05) is 0 Å². The minimum atomic E-state index is -1.58. The second-order valence-electron chi connectivity index (χ2n) is 3.12. The zero-order chi connectivity index (χ0) is 14.8. The van der Waals surface area contributed by atoms with Gasteiger partial charge in [-0.2, -0.15) is 0 Å². The van der Waals surface area contributed by atoms with Crippen LogP contribution in [-0.4, -0.2) is 34.8 Å². The van der Waals surface area contributed by atoms with E-state index in [-0.39, 0.29) is 0 Å². The summed E-state index contributed by atoms with van der Waals surface area (Å²) in [6.07, 6.45) is 0. The summed E-state index contributed by atoms with van der Waals surface area (Å²) < 4.78 is 2.97. The van der Waals surface area contributed by atoms with Gasteiger partial charge in [-0.25, -0.2) is 0 Å². The van der Waals surface area contributed by atoms with Crippen molar-refractivity contribution in [2.45, 2.75) is 0 Å². The molecule has 0 aliphatic heterocycles. The quantitative estimate of drug-likeness (QED) is 0.387. The predicted molar refractivity (Wildman–Crippen MR) is 108 cm³/mol. The first kappa shape index (κ1) is 19.3. The molecule has 1 aromatic rings. The van der Waals surface area contributed by atoms with Crippen molar-refractivity contribution in [3.63, 3.8) is 0 Å². The van der Waals surface area contributed by atoms with Gasteiger partial charge in [0.25, 0.3) is 0 Å². The van der Waals surface area contributed by atoms with Crippen molar-refractivity contribution in [3.8, 4) is 0 Å². The summed E-state index contributed by atoms with van der Waals surface area (Å²) in [5.41, 5.74) is 0. The Bertz CT molecular complexity index is 396. The number of hydrogen-bond acceptors (Lipinski definition) is 4. The van der Waals surface area contributed by atoms with E-state index in [2.05, 4.69) is 50.6 Å². The molecule has 20 heavy (non-hydrogen) atoms. The van der Waals surface area contributed by atoms with Crippen LogP contribution in [-0.2, 0) is 0 Å². The molecule has 0 saturated heterocycles. The van der Waals surface area contributed by atoms with Crippen LogP contribution in [0.4, 0.5) is 0 Å². The summed E-state index contributed by atoms with van der Waals surface area (Å²) in [5, 5.41) is 7.87. The molecule has 0 atom stereocenters. The van der Waals surface area contributed by atoms with Crippen LogP contribution in [0.1, 0.15) is 0 Å². The van der Waals surface area contributed by atoms with E-state index in [9.17, 15) is 0 Å². The minimum absolute atomic E-state index is 1.49. The van der Waals surface area contributed by atoms with Crippen LogP contribution in [0.2, 0.25) is 0 Å². The van der Waals surface area contributed by atoms with Crippen LogP contribution in [0.25, 0.3) is 0 Å². The summed E-state index contributed by atoms with van der Waals surface area (Å²) in [5.74, 6) is 0. The Morgan fingerprint density at radius 2 is 0.850 bits per heavy atom. The van der Waals surface area contributed by atoms with Crippen molar-refractivity contribution < 1.29 is 0 Å². The molecule has 0 heterocycles. The first-order valence-electron chi connectivity index (χ1n) is 5.57. The topological polar surface area (TPSA) is 0 Å². The third-order valence-corrected chi connectivity index (χ3v) is 31.7. The Labute approximate surface area is 147 Å². The first-order chi connectivity index (χ1) is 9.76. The van der Waals surface area contributed by atoms with Crippen LogP contribution in [0.15, 0.2) is 72.2 Å². The fraction of sp³-hybridized carbons (Fsp3) is 0. The maximum absolute atomic E-state index is 3.84. The van der Waals surface area contributed by atoms with E-state index in [0.29, 0.717) is 0 Å². The zero-order valence-electron chi connectivity index (χ0n) is 11.0. The van der Waals surface area contributed by atoms with E-state index >= 15 is 0 Å². The summed E-state index contributed by atoms with van der Waals surface area (Å²) in [7, 11) is 7.60. The molecule has 0 spiro atoms. The molecule has 0 saturated carbocycles. The molecule has 1 aromatic carbocycles. The molecule has 0 radical (unpaired) electrons. The van der Waals surface area contributed by atoms with Gasteiger partial charge in [0.15, 0.2) is 0 Å². The van der Waals surface area contributed by atoms with Gasteiger partial charge >= 0.3 is 149 Å². The summed E-state index contributed by atoms with van der Waals surface area (Å²) in [6.45, 7) is 15.4. The second-order valence-corrected chi connectivity index (χ2v) is 31.3. The Hall–Kier alpha value is 1.22. The summed E-state index contributed by atoms with van der Waals surface area (Å²) in [4.78, 5) is 0. The van der Waals surface area contributed by atoms with Crippen LogP contribution >= 0.6 is 35.4 Å². The third-order valence-electron chi connectivity index (χ3n) is 1.95. The van der Waals surface area contributed by atoms with E-state index in [1.165, 1.54) is 7.02 Å². The van der Waals surface area contributed by atoms with Gasteiger partial charge in [-0.15, -0.1) is 0 Å². The molecule has 0 fully saturated rings. The van der Waals surface area contributed by atoms with Gasteiger partial charge in [-0.3, -0.25) is 0 Å². The maximum atomic E-state index is 3.84. The van der Waals surface area contributed by atoms with E-state index in [4.69, 9.17) is 0 Å². The van der Waals surface area contributed by atoms with Crippen molar-refractivity contribution >= 4 is 77.2 Å². The fourth-order valence-corrected chi connectivity index (χ4v) is 24.4. The van der Waals surface area contributed by atoms with Gasteiger partial charge in [-0.05, 0) is 0 Å². The number of hydrogen-bond donors (Lipinski definition) is 0. The van der Waals surface area contributed by atoms with E-state index in [0.717, 1.165) is 0 Å². The molecule has 1 rings (SSSR count). The number of benzene rings is 1. The second kappa shape index (κ2) is 11.7. The van der Waals surface area contributed by atoms with Crippen LogP contribution in [0.3, 0.4) is 0 Å². The molecule has 6 heteroatoms. The Morgan fingerprint density at radius 1 is 0.600 bits per heavy atom. The average molecular weight is 556 g/mol. The van der Waals surface area contributed by atoms with Crippen LogP contribution in [0, 0.1) is 0 Å². The average Bonchev–Trinajstić information content (AvgIpc) is 2.47. The molecule has 0 aromatic heterocycles. The van der Waals surface area contributed by atoms with E-state index in [1.54, 1.807) is 0 Å². The van der Waals surface area contributed by atoms with Crippen molar-refractivity contribution in [3.05, 3.63) is 72.2 Å². The van der Waals surface area contributed by atoms with Gasteiger partial charge in [0.05, 0.1) is 0 Å². The van der Waals surface area contributed by atoms with Crippen LogP contribution < -0.4 is 7.02 Å². The molecule has 0 amide bonds. The molecule has 0 nitrogen and oxygen atoms in total. The van der Waals surface area contributed by atoms with Crippen molar-refractivity contribution in [2.75, 3.05) is 0 Å². The first-order valence-corrected chi connectivity index (χ1v) is 24.0. The van der Waals surface area contributed by atoms with E-state index < -0.39 is 34.8 Å². The molecule has 0 aliphatic rings. The summed E-state index contributed by atoms with van der Waals surface area (Å²) in [6, 6.07) is 9.20. The van der Waals surface area contributed by atoms with Crippen LogP contribution in [0.5, 0.6) is 0 Å². The predicted octanol–water partition coefficient (Wildman–Crippen LogP) is 4.58. The van der Waals surface area contributed by atoms with E-state index in [1.807, 2.05) is 57.0 Å². The van der Waals surface area contributed by atoms with Crippen molar-refractivity contribution in [1.82, 2.24) is 0 Å². The van der Waals surface area contributed by atoms with Gasteiger partial charge in [-0.1, -0.05) is 0 Å². The standard InChI is InChI=1S/C6H4.4C2H4S.2Sb/c1-2-4-6-5-3-1;4*1-2-3;;/h1-2,5-6H;4*2-3H,1H2;;/q;;;;;2*+2/p-4. The van der Waals surface area contributed by atoms with Crippen molar-refractivity contribution in [2.24, 2.45) is 0 Å². The Balaban J connectivity index is 2.89. The Morgan fingerprint density at radius 3 is 1.05 bits per heavy atom. The fourth-order valence-electron chi connectivity index (χ4n) is 1.26. The molecular formula is C14H16S4Sb2. The molecule has 0 bridgehead atoms.